The topological polar surface area (TPSA) is 117 Å². The number of aromatic nitrogens is 6. The number of nitrogens with one attached hydrogen (secondary N) is 1. The zero-order chi connectivity index (χ0) is 28.1. The second-order valence-electron chi connectivity index (χ2n) is 9.24. The number of carbonyl (C=O) groups excluding carboxylic acids is 1. The van der Waals surface area contributed by atoms with Gasteiger partial charge in [0.1, 0.15) is 5.69 Å². The van der Waals surface area contributed by atoms with Crippen LogP contribution in [0.15, 0.2) is 83.7 Å². The van der Waals surface area contributed by atoms with Gasteiger partial charge in [0.15, 0.2) is 0 Å². The Hall–Kier alpha value is -4.67. The summed E-state index contributed by atoms with van der Waals surface area (Å²) in [7, 11) is 2.99. The Kier molecular flexibility index (Phi) is 8.09. The van der Waals surface area contributed by atoms with Gasteiger partial charge in [0.25, 0.3) is 5.91 Å². The van der Waals surface area contributed by atoms with Crippen LogP contribution in [0.2, 0.25) is 0 Å². The van der Waals surface area contributed by atoms with Gasteiger partial charge in [0.2, 0.25) is 12.1 Å². The maximum atomic E-state index is 13.9. The molecule has 5 rings (SSSR count). The molecule has 5 aromatic rings. The predicted octanol–water partition coefficient (Wildman–Crippen LogP) is 4.48. The van der Waals surface area contributed by atoms with Crippen LogP contribution in [0.3, 0.4) is 0 Å². The van der Waals surface area contributed by atoms with Crippen molar-refractivity contribution in [2.75, 3.05) is 14.2 Å². The Labute approximate surface area is 231 Å². The van der Waals surface area contributed by atoms with Crippen LogP contribution < -0.4 is 5.69 Å². The molecular weight excluding hydrogens is 508 g/mol. The molecule has 2 heterocycles. The molecule has 0 spiro atoms. The maximum absolute atomic E-state index is 13.9. The van der Waals surface area contributed by atoms with Crippen molar-refractivity contribution >= 4 is 5.91 Å². The summed E-state index contributed by atoms with van der Waals surface area (Å²) in [5, 5.41) is 14.4. The largest absolute Gasteiger partial charge is 0.350 e. The van der Waals surface area contributed by atoms with Crippen molar-refractivity contribution in [2.45, 2.75) is 32.6 Å². The van der Waals surface area contributed by atoms with Gasteiger partial charge in [0, 0.05) is 31.0 Å². The number of imidazole rings is 1. The number of tetrazole rings is 1. The van der Waals surface area contributed by atoms with E-state index in [9.17, 15) is 9.59 Å². The zero-order valence-corrected chi connectivity index (χ0v) is 22.6. The molecule has 0 saturated carbocycles. The summed E-state index contributed by atoms with van der Waals surface area (Å²) in [6.45, 7) is 2.31. The average molecular weight is 539 g/mol. The van der Waals surface area contributed by atoms with E-state index in [1.54, 1.807) is 28.8 Å². The fourth-order valence-electron chi connectivity index (χ4n) is 4.91. The first-order chi connectivity index (χ1) is 19.6. The monoisotopic (exact) mass is 538 g/mol. The molecule has 0 aliphatic heterocycles. The molecule has 2 aromatic heterocycles. The first-order valence-electron chi connectivity index (χ1n) is 13.0. The van der Waals surface area contributed by atoms with Crippen molar-refractivity contribution in [3.8, 4) is 22.5 Å². The Bertz CT molecular complexity index is 1640. The first kappa shape index (κ1) is 26.9. The molecule has 0 aliphatic carbocycles. The summed E-state index contributed by atoms with van der Waals surface area (Å²) in [5.74, 6) is 0.0856. The van der Waals surface area contributed by atoms with Crippen LogP contribution in [-0.4, -0.2) is 49.9 Å². The van der Waals surface area contributed by atoms with Gasteiger partial charge in [-0.15, -0.1) is 10.2 Å². The van der Waals surface area contributed by atoms with Gasteiger partial charge in [-0.3, -0.25) is 9.36 Å². The number of carbonyl (C=O) groups is 1. The fraction of sp³-hybridized carbons (Fsp3) is 0.233. The minimum atomic E-state index is -0.882. The highest BCUT2D eigenvalue weighted by Gasteiger charge is 2.30. The number of aromatic amines is 1. The van der Waals surface area contributed by atoms with Crippen LogP contribution in [0.4, 0.5) is 0 Å². The standard InChI is InChI=1S/C30H30N6O4/c1-4-10-25-26(29(39-2)40-3)36(28(37)22-11-6-5-7-12-22)30(38)35(25)19-20-15-17-21(18-16-20)23-13-8-9-14-24(23)27-31-33-34-32-27/h5-9,11-18,29H,4,10,19H2,1-3H3,(H,31,32,33,34). The zero-order valence-electron chi connectivity index (χ0n) is 22.6. The lowest BCUT2D eigenvalue weighted by Crippen LogP contribution is -2.31. The molecule has 0 radical (unpaired) electrons. The third-order valence-electron chi connectivity index (χ3n) is 6.77. The lowest BCUT2D eigenvalue weighted by Gasteiger charge is -2.17. The Balaban J connectivity index is 1.56. The lowest BCUT2D eigenvalue weighted by molar-refractivity contribution is -0.110. The number of H-pyrrole nitrogens is 1. The van der Waals surface area contributed by atoms with Crippen LogP contribution >= 0.6 is 0 Å². The minimum Gasteiger partial charge on any atom is -0.350 e. The third-order valence-corrected chi connectivity index (χ3v) is 6.77. The van der Waals surface area contributed by atoms with Crippen LogP contribution in [-0.2, 0) is 22.4 Å². The highest BCUT2D eigenvalue weighted by Crippen LogP contribution is 2.30. The molecule has 204 valence electrons. The van der Waals surface area contributed by atoms with Gasteiger partial charge < -0.3 is 9.47 Å². The molecule has 0 bridgehead atoms. The van der Waals surface area contributed by atoms with Crippen molar-refractivity contribution in [1.82, 2.24) is 29.8 Å². The number of methoxy groups -OCH3 is 2. The second-order valence-corrected chi connectivity index (χ2v) is 9.24. The smallest absolute Gasteiger partial charge is 0.336 e. The third kappa shape index (κ3) is 5.14. The average Bonchev–Trinajstić information content (AvgIpc) is 3.62. The van der Waals surface area contributed by atoms with Gasteiger partial charge in [0.05, 0.1) is 6.54 Å². The van der Waals surface area contributed by atoms with Crippen LogP contribution in [0, 0.1) is 0 Å². The number of hydrogen-bond acceptors (Lipinski definition) is 7. The molecule has 0 saturated heterocycles. The maximum Gasteiger partial charge on any atom is 0.336 e. The van der Waals surface area contributed by atoms with E-state index in [2.05, 4.69) is 20.6 Å². The first-order valence-corrected chi connectivity index (χ1v) is 13.0. The van der Waals surface area contributed by atoms with Gasteiger partial charge >= 0.3 is 5.69 Å². The summed E-state index contributed by atoms with van der Waals surface area (Å²) in [5.41, 5.74) is 4.79. The number of rotatable bonds is 10. The van der Waals surface area contributed by atoms with Crippen molar-refractivity contribution < 1.29 is 14.3 Å². The molecule has 10 nitrogen and oxygen atoms in total. The van der Waals surface area contributed by atoms with E-state index in [0.29, 0.717) is 29.2 Å². The van der Waals surface area contributed by atoms with E-state index in [4.69, 9.17) is 9.47 Å². The van der Waals surface area contributed by atoms with E-state index >= 15 is 0 Å². The summed E-state index contributed by atoms with van der Waals surface area (Å²) in [4.78, 5) is 27.5. The normalized spacial score (nSPS) is 11.3. The molecule has 1 N–H and O–H groups in total. The van der Waals surface area contributed by atoms with E-state index < -0.39 is 17.9 Å². The molecule has 0 unspecified atom stereocenters. The summed E-state index contributed by atoms with van der Waals surface area (Å²) >= 11 is 0. The highest BCUT2D eigenvalue weighted by atomic mass is 16.7. The SMILES string of the molecule is CCCc1c(C(OC)OC)n(C(=O)c2ccccc2)c(=O)n1Cc1ccc(-c2ccccc2-c2nn[nH]n2)cc1. The number of benzene rings is 3. The summed E-state index contributed by atoms with van der Waals surface area (Å²) < 4.78 is 14.0. The van der Waals surface area contributed by atoms with Gasteiger partial charge in [-0.05, 0) is 40.5 Å². The number of ether oxygens (including phenoxy) is 2. The van der Waals surface area contributed by atoms with Gasteiger partial charge in [-0.1, -0.05) is 80.1 Å². The Morgan fingerprint density at radius 1 is 0.925 bits per heavy atom. The van der Waals surface area contributed by atoms with Crippen LogP contribution in [0.25, 0.3) is 22.5 Å². The lowest BCUT2D eigenvalue weighted by atomic mass is 9.98. The molecule has 3 aromatic carbocycles. The number of hydrogen-bond donors (Lipinski definition) is 1. The quantitative estimate of drug-likeness (QED) is 0.261. The van der Waals surface area contributed by atoms with Crippen LogP contribution in [0.5, 0.6) is 0 Å². The Morgan fingerprint density at radius 3 is 2.23 bits per heavy atom. The van der Waals surface area contributed by atoms with E-state index in [0.717, 1.165) is 28.7 Å². The molecule has 40 heavy (non-hydrogen) atoms. The van der Waals surface area contributed by atoms with E-state index in [1.165, 1.54) is 18.8 Å². The summed E-state index contributed by atoms with van der Waals surface area (Å²) in [6, 6.07) is 24.5. The van der Waals surface area contributed by atoms with Crippen molar-refractivity contribution in [3.05, 3.63) is 112 Å². The van der Waals surface area contributed by atoms with Gasteiger partial charge in [-0.25, -0.2) is 9.36 Å². The van der Waals surface area contributed by atoms with Crippen molar-refractivity contribution in [2.24, 2.45) is 0 Å². The second kappa shape index (κ2) is 12.0. The predicted molar refractivity (Wildman–Crippen MR) is 150 cm³/mol. The van der Waals surface area contributed by atoms with Crippen molar-refractivity contribution in [1.29, 1.82) is 0 Å². The highest BCUT2D eigenvalue weighted by molar-refractivity contribution is 5.96. The van der Waals surface area contributed by atoms with Gasteiger partial charge in [-0.2, -0.15) is 5.21 Å². The molecule has 0 fully saturated rings. The number of nitrogens with zero attached hydrogens (tertiary/aromatic N) is 5. The summed E-state index contributed by atoms with van der Waals surface area (Å²) in [6.07, 6.45) is 0.452. The van der Waals surface area contributed by atoms with E-state index in [1.807, 2.05) is 61.5 Å². The van der Waals surface area contributed by atoms with E-state index in [-0.39, 0.29) is 6.54 Å². The Morgan fingerprint density at radius 2 is 1.60 bits per heavy atom. The molecule has 0 amide bonds. The fourth-order valence-corrected chi connectivity index (χ4v) is 4.91. The van der Waals surface area contributed by atoms with Crippen molar-refractivity contribution in [3.63, 3.8) is 0 Å². The molecule has 10 heteroatoms. The molecule has 0 atom stereocenters. The van der Waals surface area contributed by atoms with Crippen LogP contribution in [0.1, 0.15) is 46.9 Å². The molecular formula is C30H30N6O4. The molecule has 0 aliphatic rings. The minimum absolute atomic E-state index is 0.281.